The minimum atomic E-state index is 0.374. The summed E-state index contributed by atoms with van der Waals surface area (Å²) in [5.74, 6) is 0.374. The van der Waals surface area contributed by atoms with Gasteiger partial charge in [0.05, 0.1) is 0 Å². The monoisotopic (exact) mass is 180 g/mol. The van der Waals surface area contributed by atoms with Crippen LogP contribution in [0.15, 0.2) is 40.7 Å². The zero-order valence-corrected chi connectivity index (χ0v) is 7.75. The van der Waals surface area contributed by atoms with Crippen LogP contribution >= 0.6 is 16.8 Å². The van der Waals surface area contributed by atoms with E-state index in [9.17, 15) is 5.11 Å². The lowest BCUT2D eigenvalue weighted by atomic mass is 10.2. The van der Waals surface area contributed by atoms with Gasteiger partial charge in [0, 0.05) is 11.1 Å². The third kappa shape index (κ3) is 0.940. The number of fused-ring (bicyclic) bond motifs is 2. The van der Waals surface area contributed by atoms with Gasteiger partial charge >= 0.3 is 0 Å². The highest BCUT2D eigenvalue weighted by Crippen LogP contribution is 2.36. The Morgan fingerprint density at radius 1 is 1.45 bits per heavy atom. The third-order valence-corrected chi connectivity index (χ3v) is 2.47. The third-order valence-electron chi connectivity index (χ3n) is 1.73. The first-order chi connectivity index (χ1) is 5.33. The number of aliphatic hydroxyl groups excluding tert-OH is 1. The van der Waals surface area contributed by atoms with Crippen molar-refractivity contribution >= 4 is 22.3 Å². The second kappa shape index (κ2) is 2.47. The molecule has 0 aromatic carbocycles. The van der Waals surface area contributed by atoms with Crippen molar-refractivity contribution in [2.45, 2.75) is 0 Å². The topological polar surface area (TPSA) is 20.2 Å². The minimum absolute atomic E-state index is 0.374. The predicted molar refractivity (Wildman–Crippen MR) is 52.0 cm³/mol. The normalized spacial score (nSPS) is 19.7. The summed E-state index contributed by atoms with van der Waals surface area (Å²) in [6.07, 6.45) is 5.68. The smallest absolute Gasteiger partial charge is 0.124 e. The fraction of sp³-hybridized carbons (Fsp3) is 0. The Balaban J connectivity index is 2.66. The first kappa shape index (κ1) is 7.07. The number of hydrogen-bond acceptors (Lipinski definition) is 1. The summed E-state index contributed by atoms with van der Waals surface area (Å²) in [6.45, 7) is 0. The molecule has 1 N–H and O–H groups in total. The molecule has 0 aromatic heterocycles. The van der Waals surface area contributed by atoms with Crippen LogP contribution in [-0.4, -0.2) is 10.6 Å². The van der Waals surface area contributed by atoms with E-state index in [0.717, 1.165) is 24.6 Å². The maximum atomic E-state index is 9.30. The van der Waals surface area contributed by atoms with Gasteiger partial charge < -0.3 is 5.11 Å². The SMILES string of the molecule is OC1=C2C=CC(=C1)C2=C=PP. The predicted octanol–water partition coefficient (Wildman–Crippen LogP) is 2.37. The average Bonchev–Trinajstić information content (AvgIpc) is 2.46. The molecule has 1 atom stereocenters. The van der Waals surface area contributed by atoms with E-state index >= 15 is 0 Å². The summed E-state index contributed by atoms with van der Waals surface area (Å²) in [4.78, 5) is 0. The maximum Gasteiger partial charge on any atom is 0.124 e. The Hall–Kier alpha value is -0.600. The van der Waals surface area contributed by atoms with Gasteiger partial charge in [-0.25, -0.2) is 0 Å². The van der Waals surface area contributed by atoms with Crippen LogP contribution in [0.4, 0.5) is 0 Å². The van der Waals surface area contributed by atoms with E-state index in [1.165, 1.54) is 0 Å². The van der Waals surface area contributed by atoms with E-state index in [1.807, 2.05) is 12.2 Å². The Morgan fingerprint density at radius 2 is 2.27 bits per heavy atom. The molecule has 0 saturated heterocycles. The minimum Gasteiger partial charge on any atom is -0.507 e. The van der Waals surface area contributed by atoms with Crippen molar-refractivity contribution < 1.29 is 5.11 Å². The molecule has 0 radical (unpaired) electrons. The molecule has 0 aromatic rings. The van der Waals surface area contributed by atoms with E-state index in [4.69, 9.17) is 0 Å². The van der Waals surface area contributed by atoms with Gasteiger partial charge in [0.15, 0.2) is 0 Å². The Morgan fingerprint density at radius 3 is 2.73 bits per heavy atom. The molecule has 11 heavy (non-hydrogen) atoms. The molecule has 0 fully saturated rings. The summed E-state index contributed by atoms with van der Waals surface area (Å²) >= 11 is 0. The van der Waals surface area contributed by atoms with Crippen LogP contribution in [0.25, 0.3) is 0 Å². The molecule has 2 bridgehead atoms. The number of aliphatic hydroxyl groups is 1. The van der Waals surface area contributed by atoms with Crippen molar-refractivity contribution in [2.75, 3.05) is 0 Å². The van der Waals surface area contributed by atoms with Gasteiger partial charge in [0.25, 0.3) is 0 Å². The van der Waals surface area contributed by atoms with Crippen molar-refractivity contribution in [1.29, 1.82) is 0 Å². The van der Waals surface area contributed by atoms with Crippen LogP contribution in [0.3, 0.4) is 0 Å². The van der Waals surface area contributed by atoms with Gasteiger partial charge in [0.1, 0.15) is 5.76 Å². The molecular weight excluding hydrogens is 174 g/mol. The van der Waals surface area contributed by atoms with Gasteiger partial charge in [-0.15, -0.1) is 0 Å². The molecule has 0 spiro atoms. The molecule has 0 heterocycles. The molecule has 2 rings (SSSR count). The molecule has 0 aliphatic heterocycles. The van der Waals surface area contributed by atoms with Crippen molar-refractivity contribution in [3.63, 3.8) is 0 Å². The zero-order valence-electron chi connectivity index (χ0n) is 5.70. The summed E-state index contributed by atoms with van der Waals surface area (Å²) in [7, 11) is 3.59. The molecule has 3 heteroatoms. The van der Waals surface area contributed by atoms with Crippen molar-refractivity contribution in [3.05, 3.63) is 40.7 Å². The fourth-order valence-electron chi connectivity index (χ4n) is 1.24. The van der Waals surface area contributed by atoms with E-state index in [1.54, 1.807) is 6.08 Å². The lowest BCUT2D eigenvalue weighted by Gasteiger charge is -1.89. The van der Waals surface area contributed by atoms with Gasteiger partial charge in [-0.05, 0) is 25.6 Å². The summed E-state index contributed by atoms with van der Waals surface area (Å²) < 4.78 is 0. The number of rotatable bonds is 0. The van der Waals surface area contributed by atoms with Crippen molar-refractivity contribution in [1.82, 2.24) is 0 Å². The Labute approximate surface area is 68.7 Å². The van der Waals surface area contributed by atoms with Crippen LogP contribution in [0, 0.1) is 0 Å². The van der Waals surface area contributed by atoms with Gasteiger partial charge in [-0.2, -0.15) is 0 Å². The Kier molecular flexibility index (Phi) is 1.59. The quantitative estimate of drug-likeness (QED) is 0.567. The zero-order chi connectivity index (χ0) is 7.84. The standard InChI is InChI=1S/C8H6OP2/c9-8-3-5-1-2-6(8)7(5)4-11-10/h1-3,9H,10H2. The highest BCUT2D eigenvalue weighted by atomic mass is 32.0. The summed E-state index contributed by atoms with van der Waals surface area (Å²) in [5, 5.41) is 9.30. The molecule has 1 unspecified atom stereocenters. The summed E-state index contributed by atoms with van der Waals surface area (Å²) in [5.41, 5.74) is 6.17. The fourth-order valence-corrected chi connectivity index (χ4v) is 2.01. The molecule has 2 aliphatic rings. The largest absolute Gasteiger partial charge is 0.507 e. The van der Waals surface area contributed by atoms with Crippen LogP contribution in [0.1, 0.15) is 0 Å². The summed E-state index contributed by atoms with van der Waals surface area (Å²) in [6, 6.07) is 0. The molecule has 1 nitrogen and oxygen atoms in total. The number of allylic oxidation sites excluding steroid dienone is 6. The molecule has 0 saturated carbocycles. The maximum absolute atomic E-state index is 9.30. The van der Waals surface area contributed by atoms with Gasteiger partial charge in [0.2, 0.25) is 0 Å². The average molecular weight is 180 g/mol. The van der Waals surface area contributed by atoms with E-state index in [-0.39, 0.29) is 0 Å². The second-order valence-electron chi connectivity index (χ2n) is 2.35. The highest BCUT2D eigenvalue weighted by molar-refractivity contribution is 8.01. The molecular formula is C8H6OP2. The van der Waals surface area contributed by atoms with Gasteiger partial charge in [-0.1, -0.05) is 20.5 Å². The number of hydrogen-bond donors (Lipinski definition) is 1. The van der Waals surface area contributed by atoms with Gasteiger partial charge in [-0.3, -0.25) is 0 Å². The lowest BCUT2D eigenvalue weighted by molar-refractivity contribution is 0.430. The first-order valence-electron chi connectivity index (χ1n) is 3.19. The van der Waals surface area contributed by atoms with Crippen LogP contribution in [0.2, 0.25) is 0 Å². The molecule has 2 aliphatic carbocycles. The van der Waals surface area contributed by atoms with E-state index in [2.05, 4.69) is 14.4 Å². The molecule has 54 valence electrons. The van der Waals surface area contributed by atoms with Crippen LogP contribution < -0.4 is 0 Å². The molecule has 0 amide bonds. The van der Waals surface area contributed by atoms with Crippen molar-refractivity contribution in [3.8, 4) is 0 Å². The van der Waals surface area contributed by atoms with Crippen LogP contribution in [0.5, 0.6) is 0 Å². The van der Waals surface area contributed by atoms with Crippen molar-refractivity contribution in [2.24, 2.45) is 0 Å². The lowest BCUT2D eigenvalue weighted by Crippen LogP contribution is -1.78. The highest BCUT2D eigenvalue weighted by Gasteiger charge is 2.22. The first-order valence-corrected chi connectivity index (χ1v) is 5.71. The van der Waals surface area contributed by atoms with E-state index in [0.29, 0.717) is 5.76 Å². The Bertz CT molecular complexity index is 366. The second-order valence-corrected chi connectivity index (χ2v) is 3.60. The van der Waals surface area contributed by atoms with Crippen LogP contribution in [-0.2, 0) is 0 Å². The van der Waals surface area contributed by atoms with E-state index < -0.39 is 0 Å².